The molecule has 4 heterocycles. The van der Waals surface area contributed by atoms with Crippen molar-refractivity contribution in [1.29, 1.82) is 0 Å². The van der Waals surface area contributed by atoms with Crippen molar-refractivity contribution in [1.82, 2.24) is 19.7 Å². The summed E-state index contributed by atoms with van der Waals surface area (Å²) in [7, 11) is 0. The highest BCUT2D eigenvalue weighted by Crippen LogP contribution is 2.41. The van der Waals surface area contributed by atoms with Crippen LogP contribution in [0.25, 0.3) is 43.9 Å². The number of hydrogen-bond acceptors (Lipinski definition) is 5. The topological polar surface area (TPSA) is 106 Å². The van der Waals surface area contributed by atoms with Crippen molar-refractivity contribution < 1.29 is 18.3 Å². The van der Waals surface area contributed by atoms with E-state index in [1.807, 2.05) is 18.2 Å². The van der Waals surface area contributed by atoms with Gasteiger partial charge in [-0.15, -0.1) is 13.2 Å². The molecule has 218 valence electrons. The number of H-pyrrole nitrogens is 2. The second-order valence-corrected chi connectivity index (χ2v) is 10.5. The lowest BCUT2D eigenvalue weighted by atomic mass is 10.0. The zero-order chi connectivity index (χ0) is 29.9. The molecule has 0 saturated carbocycles. The van der Waals surface area contributed by atoms with Crippen LogP contribution < -0.4 is 5.56 Å². The molecule has 0 amide bonds. The minimum Gasteiger partial charge on any atom is -0.463 e. The van der Waals surface area contributed by atoms with E-state index in [4.69, 9.17) is 9.15 Å². The number of rotatable bonds is 12. The van der Waals surface area contributed by atoms with Crippen molar-refractivity contribution in [2.45, 2.75) is 38.6 Å². The van der Waals surface area contributed by atoms with Crippen LogP contribution in [0.3, 0.4) is 0 Å². The summed E-state index contributed by atoms with van der Waals surface area (Å²) in [6.45, 7) is 8.06. The van der Waals surface area contributed by atoms with Gasteiger partial charge in [0.2, 0.25) is 0 Å². The van der Waals surface area contributed by atoms with E-state index in [2.05, 4.69) is 28.3 Å². The van der Waals surface area contributed by atoms with Crippen LogP contribution in [0.15, 0.2) is 89.6 Å². The number of nitrogens with zero attached hydrogens (tertiary/aromatic N) is 2. The molecular formula is C34H31FN4O4. The Labute approximate surface area is 246 Å². The van der Waals surface area contributed by atoms with Gasteiger partial charge in [-0.25, -0.2) is 9.18 Å². The number of carbonyl (C=O) groups excluding carboxylic acids is 1. The molecule has 0 aliphatic rings. The van der Waals surface area contributed by atoms with E-state index in [0.717, 1.165) is 41.3 Å². The summed E-state index contributed by atoms with van der Waals surface area (Å²) in [5.74, 6) is -1.10. The number of hydrogen-bond donors (Lipinski definition) is 2. The summed E-state index contributed by atoms with van der Waals surface area (Å²) in [6.07, 6.45) is 12.3. The highest BCUT2D eigenvalue weighted by molar-refractivity contribution is 6.17. The smallest absolute Gasteiger partial charge is 0.355 e. The fourth-order valence-corrected chi connectivity index (χ4v) is 5.71. The van der Waals surface area contributed by atoms with Crippen LogP contribution in [0.5, 0.6) is 0 Å². The Bertz CT molecular complexity index is 2040. The maximum absolute atomic E-state index is 15.5. The highest BCUT2D eigenvalue weighted by Gasteiger charge is 2.30. The average molecular weight is 579 g/mol. The average Bonchev–Trinajstić information content (AvgIpc) is 3.74. The number of ether oxygens (including phenoxy) is 1. The zero-order valence-corrected chi connectivity index (χ0v) is 23.6. The third-order valence-electron chi connectivity index (χ3n) is 7.74. The van der Waals surface area contributed by atoms with Gasteiger partial charge in [0.05, 0.1) is 46.4 Å². The van der Waals surface area contributed by atoms with Crippen molar-refractivity contribution in [2.75, 3.05) is 6.61 Å². The molecule has 6 rings (SSSR count). The van der Waals surface area contributed by atoms with E-state index in [1.165, 1.54) is 24.6 Å². The Morgan fingerprint density at radius 3 is 2.81 bits per heavy atom. The number of halogens is 1. The lowest BCUT2D eigenvalue weighted by molar-refractivity contribution is 0.0487. The summed E-state index contributed by atoms with van der Waals surface area (Å²) in [5, 5.41) is 8.77. The van der Waals surface area contributed by atoms with Crippen molar-refractivity contribution in [2.24, 2.45) is 0 Å². The molecule has 0 bridgehead atoms. The van der Waals surface area contributed by atoms with E-state index >= 15 is 4.39 Å². The molecule has 8 nitrogen and oxygen atoms in total. The van der Waals surface area contributed by atoms with E-state index in [0.29, 0.717) is 29.3 Å². The molecule has 4 aromatic heterocycles. The van der Waals surface area contributed by atoms with E-state index in [9.17, 15) is 9.59 Å². The van der Waals surface area contributed by atoms with Crippen LogP contribution in [0.2, 0.25) is 0 Å². The van der Waals surface area contributed by atoms with E-state index < -0.39 is 17.3 Å². The molecular weight excluding hydrogens is 547 g/mol. The molecule has 0 saturated heterocycles. The summed E-state index contributed by atoms with van der Waals surface area (Å²) in [5.41, 5.74) is 3.73. The molecule has 0 aliphatic heterocycles. The number of allylic oxidation sites excluding steroid dienone is 2. The molecule has 0 aliphatic carbocycles. The minimum absolute atomic E-state index is 0.151. The first-order valence-electron chi connectivity index (χ1n) is 14.3. The second kappa shape index (κ2) is 12.0. The van der Waals surface area contributed by atoms with Crippen molar-refractivity contribution in [3.05, 3.63) is 113 Å². The molecule has 0 atom stereocenters. The number of aromatic amines is 2. The monoisotopic (exact) mass is 578 g/mol. The Morgan fingerprint density at radius 1 is 1.12 bits per heavy atom. The van der Waals surface area contributed by atoms with Gasteiger partial charge in [-0.2, -0.15) is 5.10 Å². The van der Waals surface area contributed by atoms with Crippen molar-refractivity contribution in [3.63, 3.8) is 0 Å². The summed E-state index contributed by atoms with van der Waals surface area (Å²) >= 11 is 0. The Hall–Kier alpha value is -5.18. The number of esters is 1. The van der Waals surface area contributed by atoms with Crippen LogP contribution in [0.4, 0.5) is 4.39 Å². The fourth-order valence-electron chi connectivity index (χ4n) is 5.71. The Balaban J connectivity index is 1.59. The molecule has 2 aromatic carbocycles. The molecule has 6 aromatic rings. The largest absolute Gasteiger partial charge is 0.463 e. The van der Waals surface area contributed by atoms with Crippen molar-refractivity contribution >= 4 is 38.7 Å². The molecule has 43 heavy (non-hydrogen) atoms. The number of furan rings is 1. The lowest BCUT2D eigenvalue weighted by Gasteiger charge is -2.15. The first kappa shape index (κ1) is 28.0. The maximum Gasteiger partial charge on any atom is 0.355 e. The number of fused-ring (bicyclic) bond motifs is 4. The number of carbonyl (C=O) groups is 1. The van der Waals surface area contributed by atoms with Gasteiger partial charge in [0.15, 0.2) is 0 Å². The predicted octanol–water partition coefficient (Wildman–Crippen LogP) is 7.44. The van der Waals surface area contributed by atoms with Crippen LogP contribution in [-0.2, 0) is 17.7 Å². The van der Waals surface area contributed by atoms with Crippen LogP contribution in [-0.4, -0.2) is 32.3 Å². The molecule has 9 heteroatoms. The number of pyridine rings is 1. The van der Waals surface area contributed by atoms with Gasteiger partial charge in [-0.1, -0.05) is 12.2 Å². The van der Waals surface area contributed by atoms with Gasteiger partial charge in [0.1, 0.15) is 17.1 Å². The quantitative estimate of drug-likeness (QED) is 0.0892. The van der Waals surface area contributed by atoms with Gasteiger partial charge in [-0.3, -0.25) is 9.89 Å². The molecule has 0 spiro atoms. The molecule has 0 unspecified atom stereocenters. The number of unbranched alkanes of at least 4 members (excludes halogenated alkanes) is 3. The van der Waals surface area contributed by atoms with Crippen LogP contribution >= 0.6 is 0 Å². The second-order valence-electron chi connectivity index (χ2n) is 10.5. The van der Waals surface area contributed by atoms with Crippen LogP contribution in [0, 0.1) is 5.82 Å². The third kappa shape index (κ3) is 5.18. The molecule has 0 fully saturated rings. The van der Waals surface area contributed by atoms with Crippen molar-refractivity contribution in [3.8, 4) is 11.1 Å². The Kier molecular flexibility index (Phi) is 7.79. The lowest BCUT2D eigenvalue weighted by Crippen LogP contribution is -2.17. The first-order chi connectivity index (χ1) is 21.0. The first-order valence-corrected chi connectivity index (χ1v) is 14.3. The fraction of sp³-hybridized carbons (Fsp3) is 0.206. The summed E-state index contributed by atoms with van der Waals surface area (Å²) in [4.78, 5) is 30.0. The van der Waals surface area contributed by atoms with Gasteiger partial charge in [0, 0.05) is 23.7 Å². The van der Waals surface area contributed by atoms with Gasteiger partial charge >= 0.3 is 5.97 Å². The maximum atomic E-state index is 15.5. The standard InChI is InChI=1S/C34H31FN4O4/c1-3-5-6-7-8-14-43-34(41)31-29(25-11-9-13-36-33(25)40)30-28(18-26(35)24-12-15-42-32(24)30)39(31)20-23-16-22-19-37-38-27(22)17-21(23)10-4-2/h3-4,9,11-13,15-19H,1-2,5-8,10,14,20H2,(H,36,40)(H,37,38). The zero-order valence-electron chi connectivity index (χ0n) is 23.6. The summed E-state index contributed by atoms with van der Waals surface area (Å²) < 4.78 is 28.9. The molecule has 0 radical (unpaired) electrons. The number of aromatic nitrogens is 4. The Morgan fingerprint density at radius 2 is 2.00 bits per heavy atom. The minimum atomic E-state index is -0.604. The number of benzene rings is 2. The highest BCUT2D eigenvalue weighted by atomic mass is 19.1. The third-order valence-corrected chi connectivity index (χ3v) is 7.74. The van der Waals surface area contributed by atoms with E-state index in [1.54, 1.807) is 29.0 Å². The summed E-state index contributed by atoms with van der Waals surface area (Å²) in [6, 6.07) is 10.3. The van der Waals surface area contributed by atoms with E-state index in [-0.39, 0.29) is 35.4 Å². The SMILES string of the molecule is C=CCCCCCOC(=O)c1c(-c2ccc[nH]c2=O)c2c3occc3c(F)cc2n1Cc1cc2cn[nH]c2cc1CC=C. The normalized spacial score (nSPS) is 11.5. The van der Waals surface area contributed by atoms with Gasteiger partial charge in [0.25, 0.3) is 5.56 Å². The molecule has 2 N–H and O–H groups in total. The predicted molar refractivity (Wildman–Crippen MR) is 166 cm³/mol. The van der Waals surface area contributed by atoms with Gasteiger partial charge < -0.3 is 18.7 Å². The van der Waals surface area contributed by atoms with Gasteiger partial charge in [-0.05, 0) is 79.6 Å². The van der Waals surface area contributed by atoms with Crippen LogP contribution in [0.1, 0.15) is 47.3 Å². The number of nitrogens with one attached hydrogen (secondary N) is 2.